The largest absolute Gasteiger partial charge is 0.345 e. The van der Waals surface area contributed by atoms with Gasteiger partial charge in [0.25, 0.3) is 0 Å². The molecule has 0 saturated heterocycles. The van der Waals surface area contributed by atoms with Gasteiger partial charge in [-0.1, -0.05) is 75.4 Å². The summed E-state index contributed by atoms with van der Waals surface area (Å²) in [5.41, 5.74) is 3.62. The van der Waals surface area contributed by atoms with Gasteiger partial charge in [-0.25, -0.2) is 0 Å². The molecular formula is C24H32N2O2. The van der Waals surface area contributed by atoms with Gasteiger partial charge in [-0.05, 0) is 42.5 Å². The number of carbonyl (C=O) groups excluding carboxylic acids is 2. The van der Waals surface area contributed by atoms with Crippen molar-refractivity contribution in [1.29, 1.82) is 0 Å². The van der Waals surface area contributed by atoms with Crippen molar-refractivity contribution in [1.82, 2.24) is 10.2 Å². The number of nitrogens with zero attached hydrogens (tertiary/aromatic N) is 1. The minimum absolute atomic E-state index is 0.0300. The standard InChI is InChI=1S/C24H32N2O2/c1-18(27)22(15-19-9-7-6-8-10-19)25-23(28)17-26(5)16-20-11-13-21(14-12-20)24(2,3)4/h6-14,22H,15-17H2,1-5H3,(H,25,28)/t22-/m0/s1. The number of ketones is 1. The molecule has 1 amide bonds. The number of rotatable bonds is 8. The Morgan fingerprint density at radius 2 is 1.57 bits per heavy atom. The molecule has 0 aliphatic heterocycles. The molecule has 0 bridgehead atoms. The average Bonchev–Trinajstić information content (AvgIpc) is 2.61. The lowest BCUT2D eigenvalue weighted by molar-refractivity contribution is -0.127. The van der Waals surface area contributed by atoms with Crippen LogP contribution in [0.3, 0.4) is 0 Å². The Morgan fingerprint density at radius 1 is 0.964 bits per heavy atom. The summed E-state index contributed by atoms with van der Waals surface area (Å²) in [6.07, 6.45) is 0.514. The van der Waals surface area contributed by atoms with Gasteiger partial charge < -0.3 is 5.32 Å². The molecule has 28 heavy (non-hydrogen) atoms. The van der Waals surface area contributed by atoms with Crippen LogP contribution in [0.4, 0.5) is 0 Å². The zero-order valence-corrected chi connectivity index (χ0v) is 17.7. The lowest BCUT2D eigenvalue weighted by atomic mass is 9.87. The maximum atomic E-state index is 12.4. The Bertz CT molecular complexity index is 777. The van der Waals surface area contributed by atoms with Gasteiger partial charge in [-0.15, -0.1) is 0 Å². The number of benzene rings is 2. The van der Waals surface area contributed by atoms with Gasteiger partial charge in [-0.3, -0.25) is 14.5 Å². The third-order valence-corrected chi connectivity index (χ3v) is 4.79. The molecule has 0 aliphatic rings. The molecule has 1 N–H and O–H groups in total. The number of carbonyl (C=O) groups is 2. The molecule has 1 atom stereocenters. The van der Waals surface area contributed by atoms with E-state index in [-0.39, 0.29) is 23.7 Å². The van der Waals surface area contributed by atoms with Crippen LogP contribution in [0.1, 0.15) is 44.4 Å². The molecule has 0 radical (unpaired) electrons. The number of hydrogen-bond acceptors (Lipinski definition) is 3. The van der Waals surface area contributed by atoms with E-state index >= 15 is 0 Å². The molecule has 2 rings (SSSR count). The van der Waals surface area contributed by atoms with Crippen LogP contribution in [0.15, 0.2) is 54.6 Å². The van der Waals surface area contributed by atoms with E-state index in [0.29, 0.717) is 13.0 Å². The van der Waals surface area contributed by atoms with Crippen LogP contribution in [0.25, 0.3) is 0 Å². The molecule has 0 saturated carbocycles. The summed E-state index contributed by atoms with van der Waals surface area (Å²) in [5.74, 6) is -0.164. The summed E-state index contributed by atoms with van der Waals surface area (Å²) in [5, 5.41) is 2.88. The Labute approximate surface area is 169 Å². The normalized spacial score (nSPS) is 12.6. The minimum Gasteiger partial charge on any atom is -0.345 e. The van der Waals surface area contributed by atoms with Crippen molar-refractivity contribution < 1.29 is 9.59 Å². The molecule has 0 heterocycles. The van der Waals surface area contributed by atoms with Crippen molar-refractivity contribution in [3.05, 3.63) is 71.3 Å². The Kier molecular flexibility index (Phi) is 7.53. The van der Waals surface area contributed by atoms with Gasteiger partial charge in [0.15, 0.2) is 5.78 Å². The van der Waals surface area contributed by atoms with E-state index in [1.165, 1.54) is 12.5 Å². The predicted octanol–water partition coefficient (Wildman–Crippen LogP) is 3.73. The second-order valence-electron chi connectivity index (χ2n) is 8.54. The van der Waals surface area contributed by atoms with Crippen molar-refractivity contribution in [2.75, 3.05) is 13.6 Å². The van der Waals surface area contributed by atoms with Crippen LogP contribution < -0.4 is 5.32 Å². The van der Waals surface area contributed by atoms with Crippen LogP contribution in [-0.4, -0.2) is 36.2 Å². The highest BCUT2D eigenvalue weighted by Gasteiger charge is 2.19. The molecule has 2 aromatic carbocycles. The van der Waals surface area contributed by atoms with Gasteiger partial charge in [0, 0.05) is 6.54 Å². The fourth-order valence-electron chi connectivity index (χ4n) is 3.11. The highest BCUT2D eigenvalue weighted by atomic mass is 16.2. The van der Waals surface area contributed by atoms with Crippen LogP contribution in [0, 0.1) is 0 Å². The first-order valence-electron chi connectivity index (χ1n) is 9.77. The van der Waals surface area contributed by atoms with E-state index in [9.17, 15) is 9.59 Å². The molecule has 4 nitrogen and oxygen atoms in total. The van der Waals surface area contributed by atoms with Crippen LogP contribution in [0.5, 0.6) is 0 Å². The number of hydrogen-bond donors (Lipinski definition) is 1. The van der Waals surface area contributed by atoms with Crippen molar-refractivity contribution in [2.24, 2.45) is 0 Å². The topological polar surface area (TPSA) is 49.4 Å². The summed E-state index contributed by atoms with van der Waals surface area (Å²) < 4.78 is 0. The fraction of sp³-hybridized carbons (Fsp3) is 0.417. The number of nitrogens with one attached hydrogen (secondary N) is 1. The third kappa shape index (κ3) is 6.93. The number of Topliss-reactive ketones (excluding diaryl/α,β-unsaturated/α-hetero) is 1. The van der Waals surface area contributed by atoms with Gasteiger partial charge in [0.1, 0.15) is 0 Å². The number of likely N-dealkylation sites (N-methyl/N-ethyl adjacent to an activating group) is 1. The first-order chi connectivity index (χ1) is 13.1. The fourth-order valence-corrected chi connectivity index (χ4v) is 3.11. The Balaban J connectivity index is 1.89. The molecule has 0 unspecified atom stereocenters. The molecule has 0 fully saturated rings. The molecule has 0 spiro atoms. The molecule has 0 aliphatic carbocycles. The molecule has 150 valence electrons. The van der Waals surface area contributed by atoms with Crippen molar-refractivity contribution >= 4 is 11.7 Å². The van der Waals surface area contributed by atoms with Gasteiger partial charge in [-0.2, -0.15) is 0 Å². The third-order valence-electron chi connectivity index (χ3n) is 4.79. The van der Waals surface area contributed by atoms with Crippen molar-refractivity contribution in [3.8, 4) is 0 Å². The monoisotopic (exact) mass is 380 g/mol. The second kappa shape index (κ2) is 9.65. The minimum atomic E-state index is -0.491. The molecule has 2 aromatic rings. The Morgan fingerprint density at radius 3 is 2.11 bits per heavy atom. The molecule has 4 heteroatoms. The van der Waals surface area contributed by atoms with E-state index in [2.05, 4.69) is 50.4 Å². The van der Waals surface area contributed by atoms with E-state index in [0.717, 1.165) is 11.1 Å². The molecular weight excluding hydrogens is 348 g/mol. The SMILES string of the molecule is CC(=O)[C@H](Cc1ccccc1)NC(=O)CN(C)Cc1ccc(C(C)(C)C)cc1. The maximum Gasteiger partial charge on any atom is 0.234 e. The quantitative estimate of drug-likeness (QED) is 0.759. The van der Waals surface area contributed by atoms with E-state index < -0.39 is 6.04 Å². The van der Waals surface area contributed by atoms with Crippen LogP contribution >= 0.6 is 0 Å². The van der Waals surface area contributed by atoms with Crippen LogP contribution in [0.2, 0.25) is 0 Å². The second-order valence-corrected chi connectivity index (χ2v) is 8.54. The number of amides is 1. The first kappa shape index (κ1) is 21.8. The van der Waals surface area contributed by atoms with Crippen LogP contribution in [-0.2, 0) is 28.0 Å². The lowest BCUT2D eigenvalue weighted by Gasteiger charge is -2.21. The predicted molar refractivity (Wildman–Crippen MR) is 114 cm³/mol. The summed E-state index contributed by atoms with van der Waals surface area (Å²) >= 11 is 0. The lowest BCUT2D eigenvalue weighted by Crippen LogP contribution is -2.45. The van der Waals surface area contributed by atoms with Gasteiger partial charge in [0.05, 0.1) is 12.6 Å². The highest BCUT2D eigenvalue weighted by molar-refractivity contribution is 5.88. The summed E-state index contributed by atoms with van der Waals surface area (Å²) in [4.78, 5) is 26.3. The van der Waals surface area contributed by atoms with Crippen molar-refractivity contribution in [2.45, 2.75) is 52.1 Å². The maximum absolute atomic E-state index is 12.4. The first-order valence-corrected chi connectivity index (χ1v) is 9.77. The summed E-state index contributed by atoms with van der Waals surface area (Å²) in [7, 11) is 1.91. The smallest absolute Gasteiger partial charge is 0.234 e. The average molecular weight is 381 g/mol. The zero-order valence-electron chi connectivity index (χ0n) is 17.7. The summed E-state index contributed by atoms with van der Waals surface area (Å²) in [6.45, 7) is 9.04. The highest BCUT2D eigenvalue weighted by Crippen LogP contribution is 2.22. The van der Waals surface area contributed by atoms with E-state index in [4.69, 9.17) is 0 Å². The zero-order chi connectivity index (χ0) is 20.7. The van der Waals surface area contributed by atoms with Gasteiger partial charge in [0.2, 0.25) is 5.91 Å². The van der Waals surface area contributed by atoms with E-state index in [1.54, 1.807) is 0 Å². The molecule has 0 aromatic heterocycles. The Hall–Kier alpha value is -2.46. The van der Waals surface area contributed by atoms with Crippen molar-refractivity contribution in [3.63, 3.8) is 0 Å². The van der Waals surface area contributed by atoms with E-state index in [1.807, 2.05) is 42.3 Å². The summed E-state index contributed by atoms with van der Waals surface area (Å²) in [6, 6.07) is 17.8. The van der Waals surface area contributed by atoms with Gasteiger partial charge >= 0.3 is 0 Å².